The van der Waals surface area contributed by atoms with Crippen molar-refractivity contribution in [2.75, 3.05) is 13.1 Å². The largest absolute Gasteiger partial charge is 0.341 e. The zero-order valence-corrected chi connectivity index (χ0v) is 9.42. The van der Waals surface area contributed by atoms with Crippen molar-refractivity contribution in [1.82, 2.24) is 4.90 Å². The van der Waals surface area contributed by atoms with Crippen LogP contribution in [0.3, 0.4) is 0 Å². The molecule has 74 valence electrons. The number of hydrogen-bond donors (Lipinski definition) is 0. The van der Waals surface area contributed by atoms with Gasteiger partial charge in [-0.05, 0) is 25.2 Å². The molecule has 0 aromatic rings. The number of halogens is 1. The first kappa shape index (κ1) is 9.50. The second-order valence-electron chi connectivity index (χ2n) is 4.19. The molecule has 0 bridgehead atoms. The monoisotopic (exact) mass is 245 g/mol. The van der Waals surface area contributed by atoms with Crippen LogP contribution in [0, 0.1) is 5.92 Å². The van der Waals surface area contributed by atoms with Crippen LogP contribution in [0.25, 0.3) is 0 Å². The molecule has 2 aliphatic rings. The summed E-state index contributed by atoms with van der Waals surface area (Å²) in [6, 6.07) is 0. The van der Waals surface area contributed by atoms with Crippen molar-refractivity contribution in [3.8, 4) is 0 Å². The molecule has 1 heterocycles. The maximum Gasteiger partial charge on any atom is 0.236 e. The minimum Gasteiger partial charge on any atom is -0.341 e. The summed E-state index contributed by atoms with van der Waals surface area (Å²) in [5, 5.41) is 0. The Bertz CT molecular complexity index is 201. The highest BCUT2D eigenvalue weighted by Crippen LogP contribution is 2.28. The first-order valence-electron chi connectivity index (χ1n) is 5.20. The van der Waals surface area contributed by atoms with Crippen LogP contribution in [0.2, 0.25) is 0 Å². The Morgan fingerprint density at radius 2 is 2.00 bits per heavy atom. The lowest BCUT2D eigenvalue weighted by Gasteiger charge is -2.19. The molecule has 0 spiro atoms. The van der Waals surface area contributed by atoms with E-state index < -0.39 is 0 Å². The summed E-state index contributed by atoms with van der Waals surface area (Å²) in [6.45, 7) is 1.98. The van der Waals surface area contributed by atoms with Crippen LogP contribution in [-0.2, 0) is 4.79 Å². The fourth-order valence-corrected chi connectivity index (χ4v) is 2.88. The predicted octanol–water partition coefficient (Wildman–Crippen LogP) is 2.17. The maximum atomic E-state index is 11.6. The lowest BCUT2D eigenvalue weighted by Crippen LogP contribution is -2.31. The molecule has 1 atom stereocenters. The number of carbonyl (C=O) groups is 1. The van der Waals surface area contributed by atoms with Gasteiger partial charge in [-0.15, -0.1) is 0 Å². The molecular formula is C10H16BrNO. The first-order valence-corrected chi connectivity index (χ1v) is 6.12. The van der Waals surface area contributed by atoms with Gasteiger partial charge in [-0.3, -0.25) is 4.79 Å². The van der Waals surface area contributed by atoms with Crippen molar-refractivity contribution >= 4 is 21.8 Å². The van der Waals surface area contributed by atoms with Crippen LogP contribution < -0.4 is 0 Å². The van der Waals surface area contributed by atoms with Crippen molar-refractivity contribution in [2.45, 2.75) is 36.9 Å². The maximum absolute atomic E-state index is 11.6. The van der Waals surface area contributed by atoms with E-state index in [1.54, 1.807) is 0 Å². The van der Waals surface area contributed by atoms with Gasteiger partial charge in [-0.2, -0.15) is 0 Å². The van der Waals surface area contributed by atoms with Gasteiger partial charge in [-0.1, -0.05) is 28.8 Å². The van der Waals surface area contributed by atoms with E-state index >= 15 is 0 Å². The Kier molecular flexibility index (Phi) is 2.92. The van der Waals surface area contributed by atoms with E-state index in [2.05, 4.69) is 15.9 Å². The number of amides is 1. The van der Waals surface area contributed by atoms with Crippen molar-refractivity contribution in [2.24, 2.45) is 5.92 Å². The standard InChI is InChI=1S/C10H16BrNO/c11-9-5-6-12(10(9)13)7-8-3-1-2-4-8/h8-9H,1-7H2. The molecule has 0 aromatic heterocycles. The lowest BCUT2D eigenvalue weighted by atomic mass is 10.1. The number of likely N-dealkylation sites (tertiary alicyclic amines) is 1. The zero-order valence-electron chi connectivity index (χ0n) is 7.84. The van der Waals surface area contributed by atoms with E-state index in [1.165, 1.54) is 25.7 Å². The van der Waals surface area contributed by atoms with Crippen LogP contribution in [0.4, 0.5) is 0 Å². The number of alkyl halides is 1. The molecule has 2 fully saturated rings. The minimum absolute atomic E-state index is 0.105. The average Bonchev–Trinajstić information content (AvgIpc) is 2.71. The minimum atomic E-state index is 0.105. The third-order valence-electron chi connectivity index (χ3n) is 3.19. The van der Waals surface area contributed by atoms with Crippen LogP contribution in [0.15, 0.2) is 0 Å². The van der Waals surface area contributed by atoms with Gasteiger partial charge in [0.15, 0.2) is 0 Å². The second kappa shape index (κ2) is 3.99. The number of nitrogens with zero attached hydrogens (tertiary/aromatic N) is 1. The van der Waals surface area contributed by atoms with Crippen molar-refractivity contribution in [1.29, 1.82) is 0 Å². The Morgan fingerprint density at radius 3 is 2.54 bits per heavy atom. The predicted molar refractivity (Wildman–Crippen MR) is 55.9 cm³/mol. The van der Waals surface area contributed by atoms with Crippen LogP contribution >= 0.6 is 15.9 Å². The van der Waals surface area contributed by atoms with Gasteiger partial charge in [0, 0.05) is 13.1 Å². The summed E-state index contributed by atoms with van der Waals surface area (Å²) in [4.78, 5) is 13.7. The fraction of sp³-hybridized carbons (Fsp3) is 0.900. The van der Waals surface area contributed by atoms with E-state index in [9.17, 15) is 4.79 Å². The number of hydrogen-bond acceptors (Lipinski definition) is 1. The topological polar surface area (TPSA) is 20.3 Å². The fourth-order valence-electron chi connectivity index (χ4n) is 2.39. The highest BCUT2D eigenvalue weighted by Gasteiger charge is 2.31. The molecule has 1 saturated heterocycles. The summed E-state index contributed by atoms with van der Waals surface area (Å²) in [5.74, 6) is 1.11. The smallest absolute Gasteiger partial charge is 0.236 e. The first-order chi connectivity index (χ1) is 6.27. The third-order valence-corrected chi connectivity index (χ3v) is 4.03. The lowest BCUT2D eigenvalue weighted by molar-refractivity contribution is -0.127. The van der Waals surface area contributed by atoms with E-state index in [1.807, 2.05) is 4.90 Å². The summed E-state index contributed by atoms with van der Waals surface area (Å²) >= 11 is 3.40. The number of carbonyl (C=O) groups excluding carboxylic acids is 1. The van der Waals surface area contributed by atoms with Crippen molar-refractivity contribution in [3.05, 3.63) is 0 Å². The molecule has 1 unspecified atom stereocenters. The quantitative estimate of drug-likeness (QED) is 0.684. The van der Waals surface area contributed by atoms with E-state index in [-0.39, 0.29) is 4.83 Å². The van der Waals surface area contributed by atoms with Gasteiger partial charge in [-0.25, -0.2) is 0 Å². The highest BCUT2D eigenvalue weighted by atomic mass is 79.9. The molecule has 0 N–H and O–H groups in total. The molecule has 2 rings (SSSR count). The molecule has 1 amide bonds. The summed E-state index contributed by atoms with van der Waals surface area (Å²) in [5.41, 5.74) is 0. The van der Waals surface area contributed by atoms with Crippen LogP contribution in [0.1, 0.15) is 32.1 Å². The summed E-state index contributed by atoms with van der Waals surface area (Å²) in [6.07, 6.45) is 6.38. The molecule has 3 heteroatoms. The molecule has 1 aliphatic heterocycles. The molecule has 2 nitrogen and oxygen atoms in total. The summed E-state index contributed by atoms with van der Waals surface area (Å²) < 4.78 is 0. The van der Waals surface area contributed by atoms with Gasteiger partial charge in [0.05, 0.1) is 4.83 Å². The Labute approximate surface area is 87.8 Å². The molecule has 13 heavy (non-hydrogen) atoms. The van der Waals surface area contributed by atoms with E-state index in [4.69, 9.17) is 0 Å². The van der Waals surface area contributed by atoms with E-state index in [0.29, 0.717) is 5.91 Å². The van der Waals surface area contributed by atoms with Gasteiger partial charge in [0.2, 0.25) is 5.91 Å². The SMILES string of the molecule is O=C1C(Br)CCN1CC1CCCC1. The Morgan fingerprint density at radius 1 is 1.31 bits per heavy atom. The Hall–Kier alpha value is -0.0500. The van der Waals surface area contributed by atoms with Crippen LogP contribution in [-0.4, -0.2) is 28.7 Å². The van der Waals surface area contributed by atoms with Crippen LogP contribution in [0.5, 0.6) is 0 Å². The molecule has 1 saturated carbocycles. The third kappa shape index (κ3) is 2.06. The Balaban J connectivity index is 1.84. The zero-order chi connectivity index (χ0) is 9.26. The van der Waals surface area contributed by atoms with Crippen molar-refractivity contribution < 1.29 is 4.79 Å². The second-order valence-corrected chi connectivity index (χ2v) is 5.30. The van der Waals surface area contributed by atoms with Gasteiger partial charge in [0.25, 0.3) is 0 Å². The van der Waals surface area contributed by atoms with Gasteiger partial charge >= 0.3 is 0 Å². The normalized spacial score (nSPS) is 30.4. The number of rotatable bonds is 2. The van der Waals surface area contributed by atoms with Gasteiger partial charge in [0.1, 0.15) is 0 Å². The molecule has 1 aliphatic carbocycles. The average molecular weight is 246 g/mol. The molecular weight excluding hydrogens is 230 g/mol. The molecule has 0 radical (unpaired) electrons. The van der Waals surface area contributed by atoms with Gasteiger partial charge < -0.3 is 4.90 Å². The summed E-state index contributed by atoms with van der Waals surface area (Å²) in [7, 11) is 0. The van der Waals surface area contributed by atoms with Crippen molar-refractivity contribution in [3.63, 3.8) is 0 Å². The highest BCUT2D eigenvalue weighted by molar-refractivity contribution is 9.10. The van der Waals surface area contributed by atoms with E-state index in [0.717, 1.165) is 25.4 Å². The molecule has 0 aromatic carbocycles.